The van der Waals surface area contributed by atoms with Gasteiger partial charge in [-0.3, -0.25) is 9.11 Å². The van der Waals surface area contributed by atoms with Crippen LogP contribution in [0.1, 0.15) is 26.7 Å². The molecule has 1 N–H and O–H groups in total. The fourth-order valence-electron chi connectivity index (χ4n) is 2.67. The van der Waals surface area contributed by atoms with E-state index < -0.39 is 10.8 Å². The second-order valence-corrected chi connectivity index (χ2v) is 7.61. The van der Waals surface area contributed by atoms with Crippen molar-refractivity contribution in [1.82, 2.24) is 10.2 Å². The van der Waals surface area contributed by atoms with E-state index in [1.807, 2.05) is 0 Å². The third-order valence-electron chi connectivity index (χ3n) is 4.08. The van der Waals surface area contributed by atoms with Gasteiger partial charge in [0, 0.05) is 53.5 Å². The van der Waals surface area contributed by atoms with Crippen LogP contribution in [0.3, 0.4) is 0 Å². The fraction of sp³-hybridized carbons (Fsp3) is 1.00. The highest BCUT2D eigenvalue weighted by Crippen LogP contribution is 2.17. The molecular formula is C13H26N2O2S. The van der Waals surface area contributed by atoms with Crippen LogP contribution in [0.15, 0.2) is 0 Å². The Morgan fingerprint density at radius 2 is 1.89 bits per heavy atom. The summed E-state index contributed by atoms with van der Waals surface area (Å²) in [7, 11) is -0.557. The summed E-state index contributed by atoms with van der Waals surface area (Å²) >= 11 is 0. The van der Waals surface area contributed by atoms with E-state index in [2.05, 4.69) is 24.1 Å². The summed E-state index contributed by atoms with van der Waals surface area (Å²) in [6.45, 7) is 9.37. The lowest BCUT2D eigenvalue weighted by Crippen LogP contribution is -2.56. The number of hydrogen-bond donors (Lipinski definition) is 1. The number of hydrogen-bond acceptors (Lipinski definition) is 4. The van der Waals surface area contributed by atoms with Gasteiger partial charge in [-0.25, -0.2) is 0 Å². The highest BCUT2D eigenvalue weighted by atomic mass is 32.2. The molecule has 0 aromatic rings. The van der Waals surface area contributed by atoms with Gasteiger partial charge in [0.15, 0.2) is 0 Å². The molecule has 5 heteroatoms. The van der Waals surface area contributed by atoms with Gasteiger partial charge in [0.05, 0.1) is 13.2 Å². The quantitative estimate of drug-likeness (QED) is 0.815. The maximum atomic E-state index is 11.3. The molecule has 4 nitrogen and oxygen atoms in total. The molecule has 0 saturated carbocycles. The monoisotopic (exact) mass is 274 g/mol. The van der Waals surface area contributed by atoms with Gasteiger partial charge >= 0.3 is 0 Å². The third-order valence-corrected chi connectivity index (χ3v) is 5.46. The van der Waals surface area contributed by atoms with E-state index in [1.54, 1.807) is 0 Å². The van der Waals surface area contributed by atoms with E-state index in [4.69, 9.17) is 4.74 Å². The summed E-state index contributed by atoms with van der Waals surface area (Å²) in [5.41, 5.74) is 0.181. The topological polar surface area (TPSA) is 41.6 Å². The largest absolute Gasteiger partial charge is 0.379 e. The van der Waals surface area contributed by atoms with Gasteiger partial charge < -0.3 is 10.1 Å². The fourth-order valence-corrected chi connectivity index (χ4v) is 3.97. The highest BCUT2D eigenvalue weighted by molar-refractivity contribution is 7.85. The Morgan fingerprint density at radius 1 is 1.28 bits per heavy atom. The van der Waals surface area contributed by atoms with Gasteiger partial charge in [-0.05, 0) is 26.7 Å². The van der Waals surface area contributed by atoms with Crippen LogP contribution in [0.25, 0.3) is 0 Å². The second kappa shape index (κ2) is 6.46. The zero-order valence-corrected chi connectivity index (χ0v) is 12.4. The molecule has 2 aliphatic rings. The number of ether oxygens (including phenoxy) is 1. The summed E-state index contributed by atoms with van der Waals surface area (Å²) in [5, 5.41) is 3.66. The molecule has 2 aliphatic heterocycles. The highest BCUT2D eigenvalue weighted by Gasteiger charge is 2.29. The summed E-state index contributed by atoms with van der Waals surface area (Å²) < 4.78 is 16.7. The van der Waals surface area contributed by atoms with Gasteiger partial charge in [0.1, 0.15) is 0 Å². The Bertz CT molecular complexity index is 281. The molecule has 0 aromatic carbocycles. The molecule has 2 heterocycles. The van der Waals surface area contributed by atoms with Crippen molar-refractivity contribution in [3.05, 3.63) is 0 Å². The van der Waals surface area contributed by atoms with Gasteiger partial charge in [-0.15, -0.1) is 0 Å². The van der Waals surface area contributed by atoms with Crippen molar-refractivity contribution in [1.29, 1.82) is 0 Å². The van der Waals surface area contributed by atoms with Crippen LogP contribution < -0.4 is 5.32 Å². The SMILES string of the molecule is CC(C)(CNC1CCS(=O)CC1)N1CCOCC1. The molecule has 0 aromatic heterocycles. The summed E-state index contributed by atoms with van der Waals surface area (Å²) in [5.74, 6) is 1.74. The van der Waals surface area contributed by atoms with Crippen molar-refractivity contribution in [2.75, 3.05) is 44.4 Å². The molecule has 2 rings (SSSR count). The Balaban J connectivity index is 1.75. The van der Waals surface area contributed by atoms with Gasteiger partial charge in [-0.2, -0.15) is 0 Å². The third kappa shape index (κ3) is 4.02. The molecule has 2 saturated heterocycles. The molecule has 0 radical (unpaired) electrons. The van der Waals surface area contributed by atoms with Crippen molar-refractivity contribution in [2.45, 2.75) is 38.3 Å². The summed E-state index contributed by atoms with van der Waals surface area (Å²) in [6.07, 6.45) is 2.12. The molecule has 2 fully saturated rings. The molecular weight excluding hydrogens is 248 g/mol. The Kier molecular flexibility index (Phi) is 5.18. The average molecular weight is 274 g/mol. The normalized spacial score (nSPS) is 31.4. The van der Waals surface area contributed by atoms with Crippen molar-refractivity contribution in [2.24, 2.45) is 0 Å². The zero-order chi connectivity index (χ0) is 13.0. The van der Waals surface area contributed by atoms with Crippen LogP contribution in [0, 0.1) is 0 Å². The first-order chi connectivity index (χ1) is 8.58. The van der Waals surface area contributed by atoms with E-state index in [0.717, 1.165) is 57.2 Å². The van der Waals surface area contributed by atoms with Gasteiger partial charge in [0.25, 0.3) is 0 Å². The molecule has 0 aliphatic carbocycles. The Morgan fingerprint density at radius 3 is 2.50 bits per heavy atom. The first kappa shape index (κ1) is 14.4. The predicted octanol–water partition coefficient (Wildman–Crippen LogP) is 0.598. The van der Waals surface area contributed by atoms with Crippen LogP contribution in [-0.4, -0.2) is 65.0 Å². The van der Waals surface area contributed by atoms with E-state index in [0.29, 0.717) is 6.04 Å². The lowest BCUT2D eigenvalue weighted by molar-refractivity contribution is -0.0104. The zero-order valence-electron chi connectivity index (χ0n) is 11.6. The molecule has 0 amide bonds. The van der Waals surface area contributed by atoms with Crippen LogP contribution in [0.4, 0.5) is 0 Å². The van der Waals surface area contributed by atoms with Crippen LogP contribution in [0.5, 0.6) is 0 Å². The van der Waals surface area contributed by atoms with Crippen molar-refractivity contribution in [3.8, 4) is 0 Å². The minimum Gasteiger partial charge on any atom is -0.379 e. The summed E-state index contributed by atoms with van der Waals surface area (Å²) in [6, 6.07) is 0.558. The number of morpholine rings is 1. The summed E-state index contributed by atoms with van der Waals surface area (Å²) in [4.78, 5) is 2.50. The first-order valence-electron chi connectivity index (χ1n) is 6.99. The second-order valence-electron chi connectivity index (χ2n) is 5.92. The average Bonchev–Trinajstić information content (AvgIpc) is 2.39. The smallest absolute Gasteiger partial charge is 0.0594 e. The molecule has 0 unspecified atom stereocenters. The number of nitrogens with zero attached hydrogens (tertiary/aromatic N) is 1. The predicted molar refractivity (Wildman–Crippen MR) is 75.4 cm³/mol. The van der Waals surface area contributed by atoms with Crippen molar-refractivity contribution in [3.63, 3.8) is 0 Å². The maximum absolute atomic E-state index is 11.3. The van der Waals surface area contributed by atoms with Crippen LogP contribution in [-0.2, 0) is 15.5 Å². The van der Waals surface area contributed by atoms with Crippen molar-refractivity contribution >= 4 is 10.8 Å². The lowest BCUT2D eigenvalue weighted by atomic mass is 10.0. The molecule has 18 heavy (non-hydrogen) atoms. The van der Waals surface area contributed by atoms with Crippen LogP contribution >= 0.6 is 0 Å². The van der Waals surface area contributed by atoms with E-state index in [-0.39, 0.29) is 5.54 Å². The van der Waals surface area contributed by atoms with Crippen LogP contribution in [0.2, 0.25) is 0 Å². The number of rotatable bonds is 4. The lowest BCUT2D eigenvalue weighted by Gasteiger charge is -2.42. The standard InChI is InChI=1S/C13H26N2O2S/c1-13(2,15-5-7-17-8-6-15)11-14-12-3-9-18(16)10-4-12/h12,14H,3-11H2,1-2H3. The van der Waals surface area contributed by atoms with E-state index >= 15 is 0 Å². The minimum absolute atomic E-state index is 0.181. The Hall–Kier alpha value is 0.0300. The van der Waals surface area contributed by atoms with E-state index in [1.165, 1.54) is 0 Å². The van der Waals surface area contributed by atoms with Crippen molar-refractivity contribution < 1.29 is 8.95 Å². The van der Waals surface area contributed by atoms with Gasteiger partial charge in [-0.1, -0.05) is 0 Å². The van der Waals surface area contributed by atoms with Gasteiger partial charge in [0.2, 0.25) is 0 Å². The molecule has 0 atom stereocenters. The molecule has 0 spiro atoms. The minimum atomic E-state index is -0.557. The Labute approximate surface area is 113 Å². The molecule has 0 bridgehead atoms. The maximum Gasteiger partial charge on any atom is 0.0594 e. The first-order valence-corrected chi connectivity index (χ1v) is 8.48. The number of nitrogens with one attached hydrogen (secondary N) is 1. The van der Waals surface area contributed by atoms with E-state index in [9.17, 15) is 4.21 Å². The molecule has 106 valence electrons.